The summed E-state index contributed by atoms with van der Waals surface area (Å²) in [6, 6.07) is 0. The molecule has 172 valence electrons. The predicted molar refractivity (Wildman–Crippen MR) is 119 cm³/mol. The van der Waals surface area contributed by atoms with Gasteiger partial charge in [0.05, 0.1) is 23.7 Å². The van der Waals surface area contributed by atoms with Crippen LogP contribution >= 0.6 is 0 Å². The highest BCUT2D eigenvalue weighted by molar-refractivity contribution is 7.91. The number of fused-ring (bicyclic) bond motifs is 2. The third kappa shape index (κ3) is 7.37. The first-order valence-corrected chi connectivity index (χ1v) is 14.0. The standard InChI is InChI=1S/C24H40O5S/c25-24(26)14-7-2-1-6-12-20-21(23-16-15-22(20)29-23)13-8-9-17-30(27,28)18-19-10-4-3-5-11-19/h1,6,19-23H,2-5,7-18H2,(H,25,26)/t20-,21+,22-,23+/m1/s1. The number of carboxylic acids is 1. The van der Waals surface area contributed by atoms with Crippen LogP contribution in [-0.2, 0) is 19.4 Å². The van der Waals surface area contributed by atoms with Gasteiger partial charge in [0.15, 0.2) is 9.84 Å². The normalized spacial score (nSPS) is 29.7. The van der Waals surface area contributed by atoms with Crippen LogP contribution in [0.15, 0.2) is 12.2 Å². The van der Waals surface area contributed by atoms with Gasteiger partial charge in [0, 0.05) is 6.42 Å². The van der Waals surface area contributed by atoms with Crippen molar-refractivity contribution in [3.05, 3.63) is 12.2 Å². The molecule has 3 aliphatic rings. The van der Waals surface area contributed by atoms with E-state index in [0.717, 1.165) is 57.8 Å². The number of unbranched alkanes of at least 4 members (excludes halogenated alkanes) is 2. The van der Waals surface area contributed by atoms with E-state index in [1.807, 2.05) is 0 Å². The molecule has 2 bridgehead atoms. The zero-order valence-electron chi connectivity index (χ0n) is 18.3. The fourth-order valence-electron chi connectivity index (χ4n) is 5.84. The molecule has 1 saturated carbocycles. The quantitative estimate of drug-likeness (QED) is 0.316. The van der Waals surface area contributed by atoms with Crippen LogP contribution in [0.25, 0.3) is 0 Å². The highest BCUT2D eigenvalue weighted by Crippen LogP contribution is 2.47. The minimum atomic E-state index is -2.91. The van der Waals surface area contributed by atoms with Gasteiger partial charge in [-0.3, -0.25) is 4.79 Å². The molecule has 2 heterocycles. The highest BCUT2D eigenvalue weighted by atomic mass is 32.2. The molecule has 0 aromatic carbocycles. The van der Waals surface area contributed by atoms with Crippen molar-refractivity contribution in [1.29, 1.82) is 0 Å². The summed E-state index contributed by atoms with van der Waals surface area (Å²) < 4.78 is 31.1. The summed E-state index contributed by atoms with van der Waals surface area (Å²) in [6.07, 6.45) is 18.7. The number of hydrogen-bond acceptors (Lipinski definition) is 4. The van der Waals surface area contributed by atoms with E-state index in [0.29, 0.717) is 47.9 Å². The van der Waals surface area contributed by atoms with Crippen molar-refractivity contribution in [3.63, 3.8) is 0 Å². The maximum Gasteiger partial charge on any atom is 0.303 e. The van der Waals surface area contributed by atoms with Crippen molar-refractivity contribution in [2.45, 2.75) is 102 Å². The van der Waals surface area contributed by atoms with Crippen molar-refractivity contribution in [2.75, 3.05) is 11.5 Å². The van der Waals surface area contributed by atoms with Crippen molar-refractivity contribution in [2.24, 2.45) is 17.8 Å². The molecule has 3 rings (SSSR count). The summed E-state index contributed by atoms with van der Waals surface area (Å²) in [5, 5.41) is 8.71. The largest absolute Gasteiger partial charge is 0.481 e. The Bertz CT molecular complexity index is 665. The van der Waals surface area contributed by atoms with Gasteiger partial charge in [-0.2, -0.15) is 0 Å². The number of aliphatic carboxylic acids is 1. The van der Waals surface area contributed by atoms with E-state index >= 15 is 0 Å². The van der Waals surface area contributed by atoms with Crippen LogP contribution < -0.4 is 0 Å². The van der Waals surface area contributed by atoms with Crippen LogP contribution in [0, 0.1) is 17.8 Å². The van der Waals surface area contributed by atoms with Crippen molar-refractivity contribution >= 4 is 15.8 Å². The van der Waals surface area contributed by atoms with Gasteiger partial charge in [-0.25, -0.2) is 8.42 Å². The van der Waals surface area contributed by atoms with E-state index in [2.05, 4.69) is 12.2 Å². The Balaban J connectivity index is 1.36. The number of ether oxygens (including phenoxy) is 1. The average Bonchev–Trinajstić information content (AvgIpc) is 3.30. The summed E-state index contributed by atoms with van der Waals surface area (Å²) in [7, 11) is -2.91. The molecule has 0 aromatic rings. The first kappa shape index (κ1) is 23.8. The lowest BCUT2D eigenvalue weighted by Crippen LogP contribution is -2.27. The second-order valence-corrected chi connectivity index (χ2v) is 12.0. The summed E-state index contributed by atoms with van der Waals surface area (Å²) in [6.45, 7) is 0. The summed E-state index contributed by atoms with van der Waals surface area (Å²) in [5.41, 5.74) is 0. The smallest absolute Gasteiger partial charge is 0.303 e. The van der Waals surface area contributed by atoms with E-state index in [1.165, 1.54) is 19.3 Å². The molecule has 0 aromatic heterocycles. The Morgan fingerprint density at radius 1 is 0.933 bits per heavy atom. The number of carbonyl (C=O) groups is 1. The van der Waals surface area contributed by atoms with Crippen molar-refractivity contribution in [3.8, 4) is 0 Å². The Hall–Kier alpha value is -0.880. The third-order valence-electron chi connectivity index (χ3n) is 7.38. The van der Waals surface area contributed by atoms with Crippen LogP contribution in [0.3, 0.4) is 0 Å². The van der Waals surface area contributed by atoms with Gasteiger partial charge >= 0.3 is 5.97 Å². The lowest BCUT2D eigenvalue weighted by Gasteiger charge is -2.27. The second-order valence-electron chi connectivity index (χ2n) is 9.73. The highest BCUT2D eigenvalue weighted by Gasteiger charge is 2.47. The molecule has 2 aliphatic heterocycles. The zero-order valence-corrected chi connectivity index (χ0v) is 19.2. The number of hydrogen-bond donors (Lipinski definition) is 1. The van der Waals surface area contributed by atoms with Gasteiger partial charge < -0.3 is 9.84 Å². The summed E-state index contributed by atoms with van der Waals surface area (Å²) in [5.74, 6) is 1.51. The number of sulfone groups is 1. The monoisotopic (exact) mass is 440 g/mol. The van der Waals surface area contributed by atoms with Crippen LogP contribution in [0.5, 0.6) is 0 Å². The van der Waals surface area contributed by atoms with E-state index in [-0.39, 0.29) is 6.42 Å². The molecule has 0 spiro atoms. The zero-order chi connectivity index (χ0) is 21.4. The van der Waals surface area contributed by atoms with Gasteiger partial charge in [0.25, 0.3) is 0 Å². The van der Waals surface area contributed by atoms with Gasteiger partial charge in [0.2, 0.25) is 0 Å². The summed E-state index contributed by atoms with van der Waals surface area (Å²) >= 11 is 0. The molecular weight excluding hydrogens is 400 g/mol. The van der Waals surface area contributed by atoms with Gasteiger partial charge in [-0.05, 0) is 75.5 Å². The fourth-order valence-corrected chi connectivity index (χ4v) is 7.70. The van der Waals surface area contributed by atoms with Crippen LogP contribution in [0.1, 0.15) is 89.9 Å². The van der Waals surface area contributed by atoms with Crippen LogP contribution in [0.4, 0.5) is 0 Å². The molecule has 3 fully saturated rings. The molecule has 0 amide bonds. The third-order valence-corrected chi connectivity index (χ3v) is 9.27. The Labute approximate surface area is 182 Å². The van der Waals surface area contributed by atoms with E-state index < -0.39 is 15.8 Å². The molecule has 2 saturated heterocycles. The molecule has 0 radical (unpaired) electrons. The molecule has 4 atom stereocenters. The molecule has 1 aliphatic carbocycles. The second kappa shape index (κ2) is 11.7. The SMILES string of the molecule is O=C(O)CCCC=CC[C@@H]1[C@H](CCCCS(=O)(=O)CC2CCCCC2)[C@@H]2CC[C@H]1O2. The minimum absolute atomic E-state index is 0.230. The van der Waals surface area contributed by atoms with Crippen molar-refractivity contribution < 1.29 is 23.1 Å². The number of rotatable bonds is 13. The van der Waals surface area contributed by atoms with E-state index in [1.54, 1.807) is 0 Å². The van der Waals surface area contributed by atoms with Crippen LogP contribution in [0.2, 0.25) is 0 Å². The van der Waals surface area contributed by atoms with Crippen LogP contribution in [-0.4, -0.2) is 43.2 Å². The Kier molecular flexibility index (Phi) is 9.24. The first-order valence-electron chi connectivity index (χ1n) is 12.2. The first-order chi connectivity index (χ1) is 14.4. The van der Waals surface area contributed by atoms with Crippen molar-refractivity contribution in [1.82, 2.24) is 0 Å². The maximum absolute atomic E-state index is 12.5. The Morgan fingerprint density at radius 3 is 2.40 bits per heavy atom. The fraction of sp³-hybridized carbons (Fsp3) is 0.875. The van der Waals surface area contributed by atoms with Gasteiger partial charge in [-0.15, -0.1) is 0 Å². The molecule has 5 nitrogen and oxygen atoms in total. The molecule has 0 unspecified atom stereocenters. The molecule has 6 heteroatoms. The lowest BCUT2D eigenvalue weighted by molar-refractivity contribution is -0.137. The molecular formula is C24H40O5S. The molecule has 1 N–H and O–H groups in total. The predicted octanol–water partition coefficient (Wildman–Crippen LogP) is 5.15. The number of carboxylic acid groups (broad SMARTS) is 1. The van der Waals surface area contributed by atoms with Gasteiger partial charge in [0.1, 0.15) is 0 Å². The van der Waals surface area contributed by atoms with Gasteiger partial charge in [-0.1, -0.05) is 37.8 Å². The van der Waals surface area contributed by atoms with E-state index in [9.17, 15) is 13.2 Å². The average molecular weight is 441 g/mol. The topological polar surface area (TPSA) is 80.7 Å². The minimum Gasteiger partial charge on any atom is -0.481 e. The summed E-state index contributed by atoms with van der Waals surface area (Å²) in [4.78, 5) is 10.6. The maximum atomic E-state index is 12.5. The number of allylic oxidation sites excluding steroid dienone is 2. The Morgan fingerprint density at radius 2 is 1.67 bits per heavy atom. The van der Waals surface area contributed by atoms with E-state index in [4.69, 9.17) is 9.84 Å². The lowest BCUT2D eigenvalue weighted by atomic mass is 9.75. The molecule has 30 heavy (non-hydrogen) atoms.